The summed E-state index contributed by atoms with van der Waals surface area (Å²) in [4.78, 5) is 13.9. The van der Waals surface area contributed by atoms with Crippen molar-refractivity contribution in [2.45, 2.75) is 19.8 Å². The SMILES string of the molecule is C[C@@H]1CNC[C@H]1C(=O)N(CCC#N)CCC#N. The van der Waals surface area contributed by atoms with Gasteiger partial charge in [0.15, 0.2) is 0 Å². The molecule has 1 aliphatic rings. The molecule has 0 saturated carbocycles. The Morgan fingerprint density at radius 2 is 1.88 bits per heavy atom. The fraction of sp³-hybridized carbons (Fsp3) is 0.750. The van der Waals surface area contributed by atoms with Crippen LogP contribution in [0.5, 0.6) is 0 Å². The molecule has 1 fully saturated rings. The third-order valence-corrected chi connectivity index (χ3v) is 3.13. The van der Waals surface area contributed by atoms with Crippen LogP contribution in [0, 0.1) is 34.5 Å². The molecule has 1 N–H and O–H groups in total. The highest BCUT2D eigenvalue weighted by Gasteiger charge is 2.32. The van der Waals surface area contributed by atoms with Crippen LogP contribution in [0.25, 0.3) is 0 Å². The Labute approximate surface area is 102 Å². The highest BCUT2D eigenvalue weighted by Crippen LogP contribution is 2.18. The van der Waals surface area contributed by atoms with E-state index >= 15 is 0 Å². The van der Waals surface area contributed by atoms with Crippen LogP contribution in [0.15, 0.2) is 0 Å². The summed E-state index contributed by atoms with van der Waals surface area (Å²) in [6, 6.07) is 4.08. The third kappa shape index (κ3) is 3.72. The maximum absolute atomic E-state index is 12.2. The number of carbonyl (C=O) groups is 1. The van der Waals surface area contributed by atoms with Crippen LogP contribution in [0.1, 0.15) is 19.8 Å². The minimum absolute atomic E-state index is 0.00705. The van der Waals surface area contributed by atoms with E-state index in [2.05, 4.69) is 12.2 Å². The Morgan fingerprint density at radius 3 is 2.29 bits per heavy atom. The number of nitrogens with one attached hydrogen (secondary N) is 1. The average molecular weight is 234 g/mol. The molecule has 1 aliphatic heterocycles. The molecule has 0 bridgehead atoms. The van der Waals surface area contributed by atoms with Crippen molar-refractivity contribution in [2.24, 2.45) is 11.8 Å². The molecule has 0 aliphatic carbocycles. The van der Waals surface area contributed by atoms with Gasteiger partial charge in [-0.3, -0.25) is 4.79 Å². The maximum atomic E-state index is 12.2. The molecule has 0 aromatic rings. The number of rotatable bonds is 5. The van der Waals surface area contributed by atoms with Crippen LogP contribution < -0.4 is 5.32 Å². The minimum atomic E-state index is -0.00705. The fourth-order valence-corrected chi connectivity index (χ4v) is 2.08. The van der Waals surface area contributed by atoms with Gasteiger partial charge >= 0.3 is 0 Å². The Morgan fingerprint density at radius 1 is 1.29 bits per heavy atom. The Bertz CT molecular complexity index is 323. The normalized spacial score (nSPS) is 22.8. The van der Waals surface area contributed by atoms with E-state index in [0.717, 1.165) is 6.54 Å². The van der Waals surface area contributed by atoms with Crippen LogP contribution in [-0.2, 0) is 4.79 Å². The number of nitriles is 2. The zero-order chi connectivity index (χ0) is 12.7. The molecule has 0 aromatic heterocycles. The molecule has 0 unspecified atom stereocenters. The molecule has 5 heteroatoms. The fourth-order valence-electron chi connectivity index (χ4n) is 2.08. The Kier molecular flexibility index (Phi) is 5.45. The molecule has 0 radical (unpaired) electrons. The van der Waals surface area contributed by atoms with Crippen molar-refractivity contribution in [3.8, 4) is 12.1 Å². The Hall–Kier alpha value is -1.59. The van der Waals surface area contributed by atoms with E-state index < -0.39 is 0 Å². The van der Waals surface area contributed by atoms with Gasteiger partial charge in [0, 0.05) is 19.6 Å². The molecular formula is C12H18N4O. The van der Waals surface area contributed by atoms with E-state index in [1.165, 1.54) is 0 Å². The van der Waals surface area contributed by atoms with Gasteiger partial charge in [0.25, 0.3) is 0 Å². The van der Waals surface area contributed by atoms with E-state index in [0.29, 0.717) is 38.4 Å². The molecule has 1 amide bonds. The van der Waals surface area contributed by atoms with Gasteiger partial charge in [-0.15, -0.1) is 0 Å². The van der Waals surface area contributed by atoms with Gasteiger partial charge in [0.1, 0.15) is 0 Å². The van der Waals surface area contributed by atoms with Gasteiger partial charge in [-0.1, -0.05) is 6.92 Å². The van der Waals surface area contributed by atoms with Crippen molar-refractivity contribution < 1.29 is 4.79 Å². The van der Waals surface area contributed by atoms with Gasteiger partial charge in [0.05, 0.1) is 30.9 Å². The second-order valence-corrected chi connectivity index (χ2v) is 4.38. The van der Waals surface area contributed by atoms with Crippen molar-refractivity contribution in [3.63, 3.8) is 0 Å². The highest BCUT2D eigenvalue weighted by atomic mass is 16.2. The summed E-state index contributed by atoms with van der Waals surface area (Å²) in [5.74, 6) is 0.398. The van der Waals surface area contributed by atoms with E-state index in [-0.39, 0.29) is 11.8 Å². The van der Waals surface area contributed by atoms with Gasteiger partial charge in [-0.05, 0) is 12.5 Å². The first-order chi connectivity index (χ1) is 8.20. The average Bonchev–Trinajstić information content (AvgIpc) is 2.75. The summed E-state index contributed by atoms with van der Waals surface area (Å²) >= 11 is 0. The lowest BCUT2D eigenvalue weighted by molar-refractivity contribution is -0.135. The second-order valence-electron chi connectivity index (χ2n) is 4.38. The number of nitrogens with zero attached hydrogens (tertiary/aromatic N) is 3. The lowest BCUT2D eigenvalue weighted by atomic mass is 9.96. The molecule has 5 nitrogen and oxygen atoms in total. The number of hydrogen-bond donors (Lipinski definition) is 1. The van der Waals surface area contributed by atoms with Crippen molar-refractivity contribution in [1.29, 1.82) is 10.5 Å². The van der Waals surface area contributed by atoms with E-state index in [1.54, 1.807) is 4.90 Å². The topological polar surface area (TPSA) is 79.9 Å². The zero-order valence-electron chi connectivity index (χ0n) is 10.1. The molecule has 0 aromatic carbocycles. The first-order valence-electron chi connectivity index (χ1n) is 5.94. The molecule has 1 heterocycles. The maximum Gasteiger partial charge on any atom is 0.227 e. The smallest absolute Gasteiger partial charge is 0.227 e. The second kappa shape index (κ2) is 6.88. The Balaban J connectivity index is 2.58. The van der Waals surface area contributed by atoms with Gasteiger partial charge in [0.2, 0.25) is 5.91 Å². The van der Waals surface area contributed by atoms with Crippen molar-refractivity contribution in [2.75, 3.05) is 26.2 Å². The van der Waals surface area contributed by atoms with E-state index in [9.17, 15) is 4.79 Å². The number of hydrogen-bond acceptors (Lipinski definition) is 4. The van der Waals surface area contributed by atoms with Gasteiger partial charge in [-0.25, -0.2) is 0 Å². The molecular weight excluding hydrogens is 216 g/mol. The summed E-state index contributed by atoms with van der Waals surface area (Å²) in [5.41, 5.74) is 0. The van der Waals surface area contributed by atoms with E-state index in [4.69, 9.17) is 10.5 Å². The number of amides is 1. The lowest BCUT2D eigenvalue weighted by Crippen LogP contribution is -2.39. The monoisotopic (exact) mass is 234 g/mol. The molecule has 17 heavy (non-hydrogen) atoms. The van der Waals surface area contributed by atoms with Gasteiger partial charge in [-0.2, -0.15) is 10.5 Å². The van der Waals surface area contributed by atoms with Crippen LogP contribution in [0.4, 0.5) is 0 Å². The summed E-state index contributed by atoms with van der Waals surface area (Å²) in [7, 11) is 0. The van der Waals surface area contributed by atoms with E-state index in [1.807, 2.05) is 12.1 Å². The summed E-state index contributed by atoms with van der Waals surface area (Å²) in [6.07, 6.45) is 0.650. The zero-order valence-corrected chi connectivity index (χ0v) is 10.1. The lowest BCUT2D eigenvalue weighted by Gasteiger charge is -2.25. The van der Waals surface area contributed by atoms with Crippen molar-refractivity contribution >= 4 is 5.91 Å². The molecule has 0 spiro atoms. The van der Waals surface area contributed by atoms with Crippen LogP contribution >= 0.6 is 0 Å². The van der Waals surface area contributed by atoms with Crippen molar-refractivity contribution in [3.05, 3.63) is 0 Å². The van der Waals surface area contributed by atoms with Crippen molar-refractivity contribution in [1.82, 2.24) is 10.2 Å². The first kappa shape index (κ1) is 13.5. The predicted molar refractivity (Wildman–Crippen MR) is 62.6 cm³/mol. The molecule has 1 saturated heterocycles. The number of carbonyl (C=O) groups excluding carboxylic acids is 1. The minimum Gasteiger partial charge on any atom is -0.340 e. The largest absolute Gasteiger partial charge is 0.340 e. The predicted octanol–water partition coefficient (Wildman–Crippen LogP) is 0.498. The highest BCUT2D eigenvalue weighted by molar-refractivity contribution is 5.79. The standard InChI is InChI=1S/C12H18N4O/c1-10-8-15-9-11(10)12(17)16(6-2-4-13)7-3-5-14/h10-11,15H,2-3,6-9H2,1H3/t10-,11-/m1/s1. The molecule has 1 rings (SSSR count). The summed E-state index contributed by atoms with van der Waals surface area (Å²) in [5, 5.41) is 20.3. The summed E-state index contributed by atoms with van der Waals surface area (Å²) < 4.78 is 0. The van der Waals surface area contributed by atoms with Crippen LogP contribution in [0.2, 0.25) is 0 Å². The molecule has 92 valence electrons. The third-order valence-electron chi connectivity index (χ3n) is 3.13. The summed E-state index contributed by atoms with van der Waals surface area (Å²) in [6.45, 7) is 4.48. The first-order valence-corrected chi connectivity index (χ1v) is 5.94. The van der Waals surface area contributed by atoms with Crippen LogP contribution in [0.3, 0.4) is 0 Å². The van der Waals surface area contributed by atoms with Crippen LogP contribution in [-0.4, -0.2) is 37.0 Å². The molecule has 2 atom stereocenters. The van der Waals surface area contributed by atoms with Gasteiger partial charge < -0.3 is 10.2 Å². The quantitative estimate of drug-likeness (QED) is 0.751.